The van der Waals surface area contributed by atoms with Crippen LogP contribution in [0.4, 0.5) is 52.7 Å². The first-order valence-corrected chi connectivity index (χ1v) is 15.1. The quantitative estimate of drug-likeness (QED) is 0.158. The van der Waals surface area contributed by atoms with Gasteiger partial charge in [-0.3, -0.25) is 0 Å². The molecule has 15 heteroatoms. The van der Waals surface area contributed by atoms with Gasteiger partial charge in [0.25, 0.3) is 0 Å². The molecule has 45 heavy (non-hydrogen) atoms. The Morgan fingerprint density at radius 3 is 1.02 bits per heavy atom. The topological polar surface area (TPSA) is 0 Å². The van der Waals surface area contributed by atoms with Gasteiger partial charge in [0.2, 0.25) is 0 Å². The molecule has 0 unspecified atom stereocenters. The number of benzene rings is 2. The molecule has 0 radical (unpaired) electrons. The lowest BCUT2D eigenvalue weighted by atomic mass is 9.99. The zero-order valence-electron chi connectivity index (χ0n) is 21.5. The van der Waals surface area contributed by atoms with Crippen LogP contribution in [0.3, 0.4) is 0 Å². The van der Waals surface area contributed by atoms with Gasteiger partial charge in [0, 0.05) is 52.2 Å². The molecule has 2 aliphatic carbocycles. The lowest BCUT2D eigenvalue weighted by molar-refractivity contribution is -0.144. The lowest BCUT2D eigenvalue weighted by Crippen LogP contribution is -2.13. The Hall–Kier alpha value is -3.56. The molecule has 0 fully saturated rings. The summed E-state index contributed by atoms with van der Waals surface area (Å²) in [7, 11) is 0. The van der Waals surface area contributed by atoms with Gasteiger partial charge in [-0.2, -0.15) is 52.7 Å². The molecule has 7 rings (SSSR count). The van der Waals surface area contributed by atoms with Crippen molar-refractivity contribution in [2.45, 2.75) is 24.7 Å². The zero-order valence-corrected chi connectivity index (χ0v) is 24.0. The number of hydrogen-bond donors (Lipinski definition) is 0. The van der Waals surface area contributed by atoms with Crippen LogP contribution < -0.4 is 9.06 Å². The lowest BCUT2D eigenvalue weighted by Gasteiger charge is -2.15. The van der Waals surface area contributed by atoms with Crippen LogP contribution in [0.15, 0.2) is 59.3 Å². The minimum absolute atomic E-state index is 0.0129. The Balaban J connectivity index is 1.59. The molecule has 0 nitrogen and oxygen atoms in total. The summed E-state index contributed by atoms with van der Waals surface area (Å²) in [4.78, 5) is 0.797. The smallest absolute Gasteiger partial charge is 0.166 e. The third kappa shape index (κ3) is 4.73. The standard InChI is InChI=1S/C30H10F12S3/c31-27(32,33)13-5-11(6-14(9-13)28(34,35)36)19-23-17(1-3-43-23)21-22-18-2-4-44-24(18)20(26(22)45-25(19)21)12-7-15(29(37,38)39)10-16(8-12)30(40,41)42/h1-10H. The first-order chi connectivity index (χ1) is 20.8. The minimum atomic E-state index is -5.11. The van der Waals surface area contributed by atoms with Crippen molar-refractivity contribution in [1.29, 1.82) is 0 Å². The largest absolute Gasteiger partial charge is 0.416 e. The average molecular weight is 695 g/mol. The fourth-order valence-corrected chi connectivity index (χ4v) is 9.18. The van der Waals surface area contributed by atoms with Crippen LogP contribution in [-0.4, -0.2) is 0 Å². The highest BCUT2D eigenvalue weighted by Crippen LogP contribution is 2.50. The van der Waals surface area contributed by atoms with Crippen molar-refractivity contribution in [3.63, 3.8) is 0 Å². The van der Waals surface area contributed by atoms with Crippen LogP contribution in [0.2, 0.25) is 0 Å². The summed E-state index contributed by atoms with van der Waals surface area (Å²) >= 11 is 3.09. The minimum Gasteiger partial charge on any atom is -0.166 e. The van der Waals surface area contributed by atoms with E-state index in [9.17, 15) is 52.7 Å². The molecule has 0 bridgehead atoms. The number of fused-ring (bicyclic) bond motifs is 7. The van der Waals surface area contributed by atoms with Crippen molar-refractivity contribution < 1.29 is 52.7 Å². The van der Waals surface area contributed by atoms with Gasteiger partial charge in [-0.25, -0.2) is 0 Å². The van der Waals surface area contributed by atoms with E-state index in [1.165, 1.54) is 0 Å². The predicted molar refractivity (Wildman–Crippen MR) is 146 cm³/mol. The summed E-state index contributed by atoms with van der Waals surface area (Å²) in [5, 5.41) is 3.21. The van der Waals surface area contributed by atoms with Gasteiger partial charge >= 0.3 is 24.7 Å². The first-order valence-electron chi connectivity index (χ1n) is 12.5. The van der Waals surface area contributed by atoms with Crippen molar-refractivity contribution in [3.8, 4) is 22.3 Å². The Labute approximate surface area is 255 Å². The summed E-state index contributed by atoms with van der Waals surface area (Å²) in [5.74, 6) is 0. The molecule has 0 saturated carbocycles. The molecule has 2 aliphatic rings. The van der Waals surface area contributed by atoms with Crippen molar-refractivity contribution in [3.05, 3.63) is 111 Å². The highest BCUT2D eigenvalue weighted by Gasteiger charge is 2.41. The van der Waals surface area contributed by atoms with Crippen molar-refractivity contribution >= 4 is 45.2 Å². The molecule has 5 aromatic rings. The van der Waals surface area contributed by atoms with Gasteiger partial charge in [-0.1, -0.05) is 0 Å². The second-order valence-electron chi connectivity index (χ2n) is 10.2. The van der Waals surface area contributed by atoms with E-state index in [-0.39, 0.29) is 43.5 Å². The normalized spacial score (nSPS) is 14.6. The van der Waals surface area contributed by atoms with Crippen LogP contribution in [0.5, 0.6) is 0 Å². The molecule has 232 valence electrons. The first kappa shape index (κ1) is 30.1. The molecular formula is C30H10F12S3. The summed E-state index contributed by atoms with van der Waals surface area (Å²) < 4.78 is 166. The molecule has 0 saturated heterocycles. The summed E-state index contributed by atoms with van der Waals surface area (Å²) in [5.41, 5.74) is -4.80. The molecule has 3 heterocycles. The fourth-order valence-electron chi connectivity index (χ4n) is 5.63. The summed E-state index contributed by atoms with van der Waals surface area (Å²) in [6, 6.07) is 5.72. The molecule has 0 N–H and O–H groups in total. The van der Waals surface area contributed by atoms with E-state index in [4.69, 9.17) is 0 Å². The van der Waals surface area contributed by atoms with Crippen LogP contribution in [0, 0.1) is 0 Å². The van der Waals surface area contributed by atoms with Crippen molar-refractivity contribution in [2.75, 3.05) is 0 Å². The third-order valence-electron chi connectivity index (χ3n) is 7.44. The summed E-state index contributed by atoms with van der Waals surface area (Å²) in [6.45, 7) is 0. The zero-order chi connectivity index (χ0) is 32.4. The van der Waals surface area contributed by atoms with E-state index >= 15 is 0 Å². The van der Waals surface area contributed by atoms with Gasteiger partial charge in [-0.15, -0.1) is 34.0 Å². The second kappa shape index (κ2) is 9.48. The number of hydrogen-bond acceptors (Lipinski definition) is 3. The Morgan fingerprint density at radius 2 is 0.733 bits per heavy atom. The van der Waals surface area contributed by atoms with E-state index in [1.807, 2.05) is 0 Å². The maximum Gasteiger partial charge on any atom is 0.416 e. The second-order valence-corrected chi connectivity index (χ2v) is 13.0. The highest BCUT2D eigenvalue weighted by molar-refractivity contribution is 7.14. The molecule has 0 spiro atoms. The third-order valence-corrected chi connectivity index (χ3v) is 10.5. The number of thiophene rings is 3. The van der Waals surface area contributed by atoms with E-state index < -0.39 is 47.0 Å². The maximum atomic E-state index is 13.8. The van der Waals surface area contributed by atoms with E-state index in [0.717, 1.165) is 34.0 Å². The molecule has 2 aromatic carbocycles. The summed E-state index contributed by atoms with van der Waals surface area (Å²) in [6.07, 6.45) is -20.4. The fraction of sp³-hybridized carbons (Fsp3) is 0.133. The van der Waals surface area contributed by atoms with Crippen molar-refractivity contribution in [2.24, 2.45) is 0 Å². The number of alkyl halides is 12. The molecule has 0 atom stereocenters. The number of halogens is 12. The maximum absolute atomic E-state index is 13.8. The Kier molecular flexibility index (Phi) is 6.35. The van der Waals surface area contributed by atoms with Gasteiger partial charge in [-0.05, 0) is 70.4 Å². The van der Waals surface area contributed by atoms with E-state index in [0.29, 0.717) is 56.3 Å². The Bertz CT molecular complexity index is 1950. The predicted octanol–water partition coefficient (Wildman–Crippen LogP) is 10.4. The van der Waals surface area contributed by atoms with Gasteiger partial charge in [0.05, 0.1) is 22.3 Å². The van der Waals surface area contributed by atoms with Crippen LogP contribution >= 0.6 is 34.0 Å². The molecule has 0 aliphatic heterocycles. The average Bonchev–Trinajstić information content (AvgIpc) is 3.71. The van der Waals surface area contributed by atoms with Crippen LogP contribution in [0.25, 0.3) is 33.4 Å². The van der Waals surface area contributed by atoms with Crippen LogP contribution in [0.1, 0.15) is 43.1 Å². The van der Waals surface area contributed by atoms with Gasteiger partial charge in [0.15, 0.2) is 0 Å². The van der Waals surface area contributed by atoms with E-state index in [1.54, 1.807) is 22.9 Å². The molecule has 0 amide bonds. The molecular weight excluding hydrogens is 685 g/mol. The van der Waals surface area contributed by atoms with Gasteiger partial charge in [0.1, 0.15) is 0 Å². The van der Waals surface area contributed by atoms with Gasteiger partial charge < -0.3 is 0 Å². The molecule has 3 aromatic heterocycles. The van der Waals surface area contributed by atoms with Crippen molar-refractivity contribution in [1.82, 2.24) is 0 Å². The SMILES string of the molecule is FC(F)(F)c1cc(C2=c3sc4c(c3-c3ccsc32)-c2ccsc2C=4c2cc(C(F)(F)F)cc(C(F)(F)F)c2)cc(C(F)(F)F)c1. The van der Waals surface area contributed by atoms with Crippen LogP contribution in [-0.2, 0) is 24.7 Å². The van der Waals surface area contributed by atoms with E-state index in [2.05, 4.69) is 0 Å². The monoisotopic (exact) mass is 694 g/mol. The Morgan fingerprint density at radius 1 is 0.422 bits per heavy atom. The number of rotatable bonds is 2. The highest BCUT2D eigenvalue weighted by atomic mass is 32.1.